The normalized spacial score (nSPS) is 10.6. The fraction of sp³-hybridized carbons (Fsp3) is 0.278. The van der Waals surface area contributed by atoms with Crippen LogP contribution in [0.5, 0.6) is 5.75 Å². The van der Waals surface area contributed by atoms with E-state index in [0.717, 1.165) is 12.1 Å². The number of benzene rings is 1. The number of pyridine rings is 1. The molecule has 0 saturated carbocycles. The van der Waals surface area contributed by atoms with Crippen molar-refractivity contribution < 1.29 is 9.53 Å². The van der Waals surface area contributed by atoms with Crippen LogP contribution < -0.4 is 21.1 Å². The molecule has 2 rings (SSSR count). The highest BCUT2D eigenvalue weighted by Gasteiger charge is 2.05. The van der Waals surface area contributed by atoms with Crippen molar-refractivity contribution in [2.24, 2.45) is 10.7 Å². The van der Waals surface area contributed by atoms with Crippen molar-refractivity contribution in [1.29, 1.82) is 0 Å². The van der Waals surface area contributed by atoms with Gasteiger partial charge in [-0.2, -0.15) is 0 Å². The van der Waals surface area contributed by atoms with Gasteiger partial charge in [-0.15, -0.1) is 24.0 Å². The number of halogens is 1. The molecule has 26 heavy (non-hydrogen) atoms. The van der Waals surface area contributed by atoms with Crippen LogP contribution in [0, 0.1) is 0 Å². The number of methoxy groups -OCH3 is 1. The first kappa shape index (κ1) is 21.7. The highest BCUT2D eigenvalue weighted by molar-refractivity contribution is 14.0. The zero-order valence-corrected chi connectivity index (χ0v) is 17.0. The molecule has 0 aliphatic heterocycles. The number of hydrogen-bond donors (Lipinski definition) is 3. The molecule has 0 atom stereocenters. The van der Waals surface area contributed by atoms with Crippen molar-refractivity contribution in [3.05, 3.63) is 59.9 Å². The van der Waals surface area contributed by atoms with Gasteiger partial charge in [-0.25, -0.2) is 0 Å². The van der Waals surface area contributed by atoms with Crippen molar-refractivity contribution in [3.8, 4) is 5.75 Å². The topological polar surface area (TPSA) is 102 Å². The van der Waals surface area contributed by atoms with E-state index in [0.29, 0.717) is 36.9 Å². The number of guanidine groups is 1. The summed E-state index contributed by atoms with van der Waals surface area (Å²) in [5.74, 6) is 0.841. The summed E-state index contributed by atoms with van der Waals surface area (Å²) < 4.78 is 5.10. The lowest BCUT2D eigenvalue weighted by Crippen LogP contribution is -2.38. The monoisotopic (exact) mass is 469 g/mol. The molecule has 0 aliphatic carbocycles. The van der Waals surface area contributed by atoms with Crippen molar-refractivity contribution in [2.45, 2.75) is 6.42 Å². The zero-order valence-electron chi connectivity index (χ0n) is 14.6. The Bertz CT molecular complexity index is 710. The minimum Gasteiger partial charge on any atom is -0.497 e. The average Bonchev–Trinajstić information content (AvgIpc) is 2.66. The number of carbonyl (C=O) groups excluding carboxylic acids is 1. The van der Waals surface area contributed by atoms with Crippen LogP contribution in [0.15, 0.2) is 53.7 Å². The lowest BCUT2D eigenvalue weighted by atomic mass is 10.2. The maximum atomic E-state index is 12.0. The molecule has 1 heterocycles. The second-order valence-electron chi connectivity index (χ2n) is 5.25. The molecule has 0 bridgehead atoms. The molecule has 140 valence electrons. The van der Waals surface area contributed by atoms with E-state index in [1.165, 1.54) is 0 Å². The van der Waals surface area contributed by atoms with Crippen LogP contribution in [0.2, 0.25) is 0 Å². The van der Waals surface area contributed by atoms with E-state index in [9.17, 15) is 4.79 Å². The molecule has 1 amide bonds. The fourth-order valence-corrected chi connectivity index (χ4v) is 2.13. The molecule has 0 unspecified atom stereocenters. The molecule has 0 aliphatic rings. The van der Waals surface area contributed by atoms with Crippen LogP contribution in [0.4, 0.5) is 0 Å². The molecule has 2 aromatic rings. The number of nitrogens with one attached hydrogen (secondary N) is 2. The first-order valence-corrected chi connectivity index (χ1v) is 8.05. The van der Waals surface area contributed by atoms with Crippen molar-refractivity contribution in [3.63, 3.8) is 0 Å². The molecule has 0 spiro atoms. The summed E-state index contributed by atoms with van der Waals surface area (Å²) >= 11 is 0. The van der Waals surface area contributed by atoms with E-state index < -0.39 is 0 Å². The van der Waals surface area contributed by atoms with Gasteiger partial charge < -0.3 is 21.1 Å². The van der Waals surface area contributed by atoms with E-state index in [2.05, 4.69) is 20.6 Å². The highest BCUT2D eigenvalue weighted by Crippen LogP contribution is 2.12. The number of amides is 1. The smallest absolute Gasteiger partial charge is 0.251 e. The maximum absolute atomic E-state index is 12.0. The van der Waals surface area contributed by atoms with Gasteiger partial charge in [-0.3, -0.25) is 14.8 Å². The molecule has 0 saturated heterocycles. The van der Waals surface area contributed by atoms with Gasteiger partial charge in [0.1, 0.15) is 5.75 Å². The first-order valence-electron chi connectivity index (χ1n) is 8.05. The Morgan fingerprint density at radius 1 is 1.19 bits per heavy atom. The lowest BCUT2D eigenvalue weighted by Gasteiger charge is -2.08. The minimum atomic E-state index is -0.161. The third kappa shape index (κ3) is 7.68. The van der Waals surface area contributed by atoms with Crippen LogP contribution in [0.1, 0.15) is 16.1 Å². The van der Waals surface area contributed by atoms with Crippen LogP contribution in [0.3, 0.4) is 0 Å². The van der Waals surface area contributed by atoms with Crippen LogP contribution in [-0.4, -0.2) is 43.6 Å². The van der Waals surface area contributed by atoms with Crippen molar-refractivity contribution in [2.75, 3.05) is 26.7 Å². The van der Waals surface area contributed by atoms with Crippen molar-refractivity contribution in [1.82, 2.24) is 15.6 Å². The Morgan fingerprint density at radius 2 is 2.00 bits per heavy atom. The predicted molar refractivity (Wildman–Crippen MR) is 113 cm³/mol. The lowest BCUT2D eigenvalue weighted by molar-refractivity contribution is 0.0954. The van der Waals surface area contributed by atoms with Gasteiger partial charge in [-0.1, -0.05) is 12.1 Å². The summed E-state index contributed by atoms with van der Waals surface area (Å²) in [6.45, 7) is 1.49. The Balaban J connectivity index is 0.00000338. The summed E-state index contributed by atoms with van der Waals surface area (Å²) in [5.41, 5.74) is 7.32. The molecular formula is C18H24IN5O2. The number of carbonyl (C=O) groups is 1. The Kier molecular flexibility index (Phi) is 10.1. The summed E-state index contributed by atoms with van der Waals surface area (Å²) in [4.78, 5) is 20.5. The number of nitrogens with two attached hydrogens (primary N) is 1. The molecule has 1 aromatic heterocycles. The van der Waals surface area contributed by atoms with E-state index >= 15 is 0 Å². The summed E-state index contributed by atoms with van der Waals surface area (Å²) in [7, 11) is 1.57. The second kappa shape index (κ2) is 12.1. The number of aromatic nitrogens is 1. The molecule has 4 N–H and O–H groups in total. The quantitative estimate of drug-likeness (QED) is 0.236. The number of hydrogen-bond acceptors (Lipinski definition) is 4. The second-order valence-corrected chi connectivity index (χ2v) is 5.25. The van der Waals surface area contributed by atoms with Gasteiger partial charge in [0, 0.05) is 43.5 Å². The molecule has 0 fully saturated rings. The summed E-state index contributed by atoms with van der Waals surface area (Å²) in [6.07, 6.45) is 2.49. The van der Waals surface area contributed by atoms with Crippen LogP contribution >= 0.6 is 24.0 Å². The van der Waals surface area contributed by atoms with Gasteiger partial charge in [0.25, 0.3) is 5.91 Å². The SMILES string of the molecule is COc1cccc(C(=O)NCCNC(N)=NCCc2ccccn2)c1.I. The molecule has 7 nitrogen and oxygen atoms in total. The van der Waals surface area contributed by atoms with E-state index in [-0.39, 0.29) is 29.9 Å². The van der Waals surface area contributed by atoms with E-state index in [1.807, 2.05) is 18.2 Å². The van der Waals surface area contributed by atoms with Gasteiger partial charge in [0.05, 0.1) is 7.11 Å². The molecule has 0 radical (unpaired) electrons. The van der Waals surface area contributed by atoms with E-state index in [1.54, 1.807) is 37.6 Å². The van der Waals surface area contributed by atoms with Gasteiger partial charge in [-0.05, 0) is 30.3 Å². The zero-order chi connectivity index (χ0) is 17.9. The maximum Gasteiger partial charge on any atom is 0.251 e. The molecule has 1 aromatic carbocycles. The van der Waals surface area contributed by atoms with Crippen LogP contribution in [0.25, 0.3) is 0 Å². The van der Waals surface area contributed by atoms with Gasteiger partial charge in [0.15, 0.2) is 5.96 Å². The van der Waals surface area contributed by atoms with E-state index in [4.69, 9.17) is 10.5 Å². The Hall–Kier alpha value is -2.36. The van der Waals surface area contributed by atoms with Gasteiger partial charge in [0.2, 0.25) is 0 Å². The largest absolute Gasteiger partial charge is 0.497 e. The number of nitrogens with zero attached hydrogens (tertiary/aromatic N) is 2. The summed E-state index contributed by atoms with van der Waals surface area (Å²) in [5, 5.41) is 5.78. The van der Waals surface area contributed by atoms with Crippen LogP contribution in [-0.2, 0) is 6.42 Å². The predicted octanol–water partition coefficient (Wildman–Crippen LogP) is 1.59. The minimum absolute atomic E-state index is 0. The number of ether oxygens (including phenoxy) is 1. The average molecular weight is 469 g/mol. The fourth-order valence-electron chi connectivity index (χ4n) is 2.13. The standard InChI is InChI=1S/C18H23N5O2.HI/c1-25-16-7-4-5-14(13-16)17(24)21-11-12-23-18(19)22-10-8-15-6-2-3-9-20-15;/h2-7,9,13H,8,10-12H2,1H3,(H,21,24)(H3,19,22,23);1H. The van der Waals surface area contributed by atoms with Gasteiger partial charge >= 0.3 is 0 Å². The molecular weight excluding hydrogens is 445 g/mol. The number of aliphatic imine (C=N–C) groups is 1. The molecule has 8 heteroatoms. The number of rotatable bonds is 8. The third-order valence-corrected chi connectivity index (χ3v) is 3.42. The summed E-state index contributed by atoms with van der Waals surface area (Å²) in [6, 6.07) is 12.8. The highest BCUT2D eigenvalue weighted by atomic mass is 127. The van der Waals surface area contributed by atoms with Crippen molar-refractivity contribution >= 4 is 35.8 Å². The first-order chi connectivity index (χ1) is 12.2. The third-order valence-electron chi connectivity index (χ3n) is 3.42. The Labute approximate surface area is 170 Å². The Morgan fingerprint density at radius 3 is 2.73 bits per heavy atom.